The first-order chi connectivity index (χ1) is 13.0. The monoisotopic (exact) mass is 368 g/mol. The van der Waals surface area contributed by atoms with E-state index in [0.29, 0.717) is 0 Å². The van der Waals surface area contributed by atoms with Gasteiger partial charge in [-0.15, -0.1) is 0 Å². The maximum atomic E-state index is 12.9. The zero-order valence-electron chi connectivity index (χ0n) is 15.4. The van der Waals surface area contributed by atoms with Gasteiger partial charge < -0.3 is 15.2 Å². The number of carbonyl (C=O) groups is 2. The molecule has 0 saturated carbocycles. The second-order valence-electron chi connectivity index (χ2n) is 6.67. The van der Waals surface area contributed by atoms with Crippen LogP contribution in [0.2, 0.25) is 0 Å². The van der Waals surface area contributed by atoms with E-state index in [1.165, 1.54) is 7.11 Å². The molecule has 1 heterocycles. The lowest BCUT2D eigenvalue weighted by Gasteiger charge is -2.29. The number of hydrogen-bond donors (Lipinski definition) is 1. The second kappa shape index (κ2) is 8.22. The number of ether oxygens (including phenoxy) is 2. The molecule has 0 spiro atoms. The van der Waals surface area contributed by atoms with Crippen LogP contribution in [0.5, 0.6) is 0 Å². The predicted molar refractivity (Wildman–Crippen MR) is 101 cm³/mol. The molecule has 3 rings (SSSR count). The van der Waals surface area contributed by atoms with Gasteiger partial charge in [-0.1, -0.05) is 60.7 Å². The normalized spacial score (nSPS) is 24.5. The summed E-state index contributed by atoms with van der Waals surface area (Å²) in [6.45, 7) is 1.96. The molecule has 0 radical (unpaired) electrons. The average molecular weight is 368 g/mol. The topological polar surface area (TPSA) is 81.9 Å². The maximum absolute atomic E-state index is 12.9. The molecule has 1 aliphatic heterocycles. The quantitative estimate of drug-likeness (QED) is 0.839. The highest BCUT2D eigenvalue weighted by Crippen LogP contribution is 2.40. The standard InChI is InChI=1S/C21H24N2O4/c1-14-17(20(24)26-2)18(22)19(16-11-7-4-8-12-16)23(14)21(25)27-13-15-9-5-3-6-10-15/h3-12,14,17-19H,13,22H2,1-2H3/t14-,17-,18+,19+/m1/s1. The Labute approximate surface area is 158 Å². The Bertz CT molecular complexity index is 781. The van der Waals surface area contributed by atoms with Crippen LogP contribution in [0.3, 0.4) is 0 Å². The third-order valence-electron chi connectivity index (χ3n) is 5.07. The van der Waals surface area contributed by atoms with E-state index in [0.717, 1.165) is 11.1 Å². The van der Waals surface area contributed by atoms with E-state index in [1.807, 2.05) is 60.7 Å². The van der Waals surface area contributed by atoms with Crippen LogP contribution < -0.4 is 5.73 Å². The van der Waals surface area contributed by atoms with Crippen molar-refractivity contribution in [2.75, 3.05) is 7.11 Å². The smallest absolute Gasteiger partial charge is 0.410 e. The van der Waals surface area contributed by atoms with E-state index in [2.05, 4.69) is 0 Å². The molecule has 1 aliphatic rings. The van der Waals surface area contributed by atoms with Crippen LogP contribution in [-0.2, 0) is 20.9 Å². The van der Waals surface area contributed by atoms with Gasteiger partial charge in [0.25, 0.3) is 0 Å². The molecule has 6 nitrogen and oxygen atoms in total. The molecule has 0 aromatic heterocycles. The van der Waals surface area contributed by atoms with Crippen molar-refractivity contribution >= 4 is 12.1 Å². The summed E-state index contributed by atoms with van der Waals surface area (Å²) in [7, 11) is 1.33. The summed E-state index contributed by atoms with van der Waals surface area (Å²) in [5.74, 6) is -1.04. The maximum Gasteiger partial charge on any atom is 0.410 e. The molecular weight excluding hydrogens is 344 g/mol. The van der Waals surface area contributed by atoms with Gasteiger partial charge in [-0.3, -0.25) is 9.69 Å². The predicted octanol–water partition coefficient (Wildman–Crippen LogP) is 2.89. The highest BCUT2D eigenvalue weighted by atomic mass is 16.6. The van der Waals surface area contributed by atoms with E-state index in [-0.39, 0.29) is 6.61 Å². The first-order valence-corrected chi connectivity index (χ1v) is 8.92. The van der Waals surface area contributed by atoms with Gasteiger partial charge in [0.05, 0.1) is 19.1 Å². The minimum absolute atomic E-state index is 0.155. The van der Waals surface area contributed by atoms with E-state index in [9.17, 15) is 9.59 Å². The Kier molecular flexibility index (Phi) is 5.76. The fourth-order valence-corrected chi connectivity index (χ4v) is 3.73. The molecule has 2 aromatic carbocycles. The molecule has 1 saturated heterocycles. The van der Waals surface area contributed by atoms with Crippen molar-refractivity contribution in [3.05, 3.63) is 71.8 Å². The second-order valence-corrected chi connectivity index (χ2v) is 6.67. The van der Waals surface area contributed by atoms with E-state index < -0.39 is 36.1 Å². The Hall–Kier alpha value is -2.86. The number of amides is 1. The number of rotatable bonds is 4. The van der Waals surface area contributed by atoms with Crippen LogP contribution in [0.4, 0.5) is 4.79 Å². The zero-order chi connectivity index (χ0) is 19.4. The Morgan fingerprint density at radius 3 is 2.22 bits per heavy atom. The van der Waals surface area contributed by atoms with Gasteiger partial charge in [0.15, 0.2) is 0 Å². The Morgan fingerprint density at radius 1 is 1.04 bits per heavy atom. The van der Waals surface area contributed by atoms with Crippen LogP contribution in [0.1, 0.15) is 24.1 Å². The number of esters is 1. The molecular formula is C21H24N2O4. The third kappa shape index (κ3) is 3.80. The number of carbonyl (C=O) groups excluding carboxylic acids is 2. The number of nitrogens with two attached hydrogens (primary N) is 1. The largest absolute Gasteiger partial charge is 0.469 e. The van der Waals surface area contributed by atoms with Crippen LogP contribution in [0, 0.1) is 5.92 Å². The molecule has 0 unspecified atom stereocenters. The molecule has 2 aromatic rings. The van der Waals surface area contributed by atoms with E-state index in [1.54, 1.807) is 11.8 Å². The summed E-state index contributed by atoms with van der Waals surface area (Å²) < 4.78 is 10.4. The number of benzene rings is 2. The van der Waals surface area contributed by atoms with Gasteiger partial charge in [0.1, 0.15) is 6.61 Å². The Balaban J connectivity index is 1.86. The van der Waals surface area contributed by atoms with Crippen molar-refractivity contribution in [2.45, 2.75) is 31.7 Å². The molecule has 0 aliphatic carbocycles. The van der Waals surface area contributed by atoms with Gasteiger partial charge >= 0.3 is 12.1 Å². The summed E-state index contributed by atoms with van der Waals surface area (Å²) in [5, 5.41) is 0. The molecule has 27 heavy (non-hydrogen) atoms. The lowest BCUT2D eigenvalue weighted by Crippen LogP contribution is -2.39. The molecule has 1 amide bonds. The van der Waals surface area contributed by atoms with E-state index in [4.69, 9.17) is 15.2 Å². The summed E-state index contributed by atoms with van der Waals surface area (Å²) in [6, 6.07) is 17.4. The highest BCUT2D eigenvalue weighted by molar-refractivity contribution is 5.78. The fourth-order valence-electron chi connectivity index (χ4n) is 3.73. The molecule has 0 bridgehead atoms. The number of nitrogens with zero attached hydrogens (tertiary/aromatic N) is 1. The highest BCUT2D eigenvalue weighted by Gasteiger charge is 2.52. The molecule has 4 atom stereocenters. The SMILES string of the molecule is COC(=O)[C@H]1[C@H](N)[C@H](c2ccccc2)N(C(=O)OCc2ccccc2)[C@@H]1C. The lowest BCUT2D eigenvalue weighted by atomic mass is 9.92. The van der Waals surface area contributed by atoms with Crippen molar-refractivity contribution in [1.82, 2.24) is 4.90 Å². The zero-order valence-corrected chi connectivity index (χ0v) is 15.4. The van der Waals surface area contributed by atoms with Crippen LogP contribution in [0.25, 0.3) is 0 Å². The van der Waals surface area contributed by atoms with Gasteiger partial charge in [-0.25, -0.2) is 4.79 Å². The minimum atomic E-state index is -0.621. The van der Waals surface area contributed by atoms with Gasteiger partial charge in [0, 0.05) is 12.1 Å². The van der Waals surface area contributed by atoms with Gasteiger partial charge in [-0.05, 0) is 18.1 Å². The first-order valence-electron chi connectivity index (χ1n) is 8.92. The number of methoxy groups -OCH3 is 1. The fraction of sp³-hybridized carbons (Fsp3) is 0.333. The van der Waals surface area contributed by atoms with Crippen LogP contribution in [-0.4, -0.2) is 36.2 Å². The first kappa shape index (κ1) is 18.9. The lowest BCUT2D eigenvalue weighted by molar-refractivity contribution is -0.146. The summed E-state index contributed by atoms with van der Waals surface area (Å²) in [5.41, 5.74) is 8.16. The van der Waals surface area contributed by atoms with Crippen molar-refractivity contribution < 1.29 is 19.1 Å². The van der Waals surface area contributed by atoms with Crippen molar-refractivity contribution in [1.29, 1.82) is 0 Å². The van der Waals surface area contributed by atoms with Crippen LogP contribution in [0.15, 0.2) is 60.7 Å². The number of hydrogen-bond acceptors (Lipinski definition) is 5. The van der Waals surface area contributed by atoms with Crippen LogP contribution >= 0.6 is 0 Å². The number of likely N-dealkylation sites (tertiary alicyclic amines) is 1. The minimum Gasteiger partial charge on any atom is -0.469 e. The molecule has 1 fully saturated rings. The Morgan fingerprint density at radius 2 is 1.63 bits per heavy atom. The van der Waals surface area contributed by atoms with Gasteiger partial charge in [-0.2, -0.15) is 0 Å². The summed E-state index contributed by atoms with van der Waals surface area (Å²) in [4.78, 5) is 26.7. The molecule has 6 heteroatoms. The third-order valence-corrected chi connectivity index (χ3v) is 5.07. The molecule has 142 valence electrons. The molecule has 2 N–H and O–H groups in total. The average Bonchev–Trinajstić information content (AvgIpc) is 2.97. The van der Waals surface area contributed by atoms with Crippen molar-refractivity contribution in [2.24, 2.45) is 11.7 Å². The summed E-state index contributed by atoms with van der Waals surface area (Å²) >= 11 is 0. The van der Waals surface area contributed by atoms with Crippen molar-refractivity contribution in [3.63, 3.8) is 0 Å². The summed E-state index contributed by atoms with van der Waals surface area (Å²) in [6.07, 6.45) is -0.498. The van der Waals surface area contributed by atoms with Gasteiger partial charge in [0.2, 0.25) is 0 Å². The van der Waals surface area contributed by atoms with Crippen molar-refractivity contribution in [3.8, 4) is 0 Å². The van der Waals surface area contributed by atoms with E-state index >= 15 is 0 Å².